The van der Waals surface area contributed by atoms with Crippen LogP contribution in [-0.4, -0.2) is 35.3 Å². The lowest BCUT2D eigenvalue weighted by atomic mass is 10.2. The minimum absolute atomic E-state index is 0.392. The Morgan fingerprint density at radius 2 is 2.26 bits per heavy atom. The van der Waals surface area contributed by atoms with E-state index in [9.17, 15) is 4.79 Å². The van der Waals surface area contributed by atoms with Crippen LogP contribution in [0.4, 0.5) is 9.93 Å². The van der Waals surface area contributed by atoms with E-state index in [0.29, 0.717) is 22.3 Å². The van der Waals surface area contributed by atoms with E-state index in [1.807, 2.05) is 0 Å². The van der Waals surface area contributed by atoms with Gasteiger partial charge in [0.2, 0.25) is 0 Å². The van der Waals surface area contributed by atoms with E-state index in [2.05, 4.69) is 28.1 Å². The van der Waals surface area contributed by atoms with E-state index in [-0.39, 0.29) is 0 Å². The number of anilines is 1. The lowest BCUT2D eigenvalue weighted by Gasteiger charge is -2.18. The fraction of sp³-hybridized carbons (Fsp3) is 0.545. The molecular weight excluding hydrogens is 286 g/mol. The van der Waals surface area contributed by atoms with Crippen LogP contribution in [0.5, 0.6) is 0 Å². The minimum Gasteiger partial charge on any atom is -0.444 e. The lowest BCUT2D eigenvalue weighted by Crippen LogP contribution is -2.27. The molecule has 1 N–H and O–H groups in total. The van der Waals surface area contributed by atoms with Gasteiger partial charge in [0.25, 0.3) is 0 Å². The van der Waals surface area contributed by atoms with E-state index < -0.39 is 11.7 Å². The molecule has 0 fully saturated rings. The van der Waals surface area contributed by atoms with E-state index in [4.69, 9.17) is 9.57 Å². The SMILES string of the molecule is CON=C(CS)c1csc(NC(=O)OC(C)(C)C)n1. The molecule has 0 spiro atoms. The molecular formula is C11H17N3O3S2. The highest BCUT2D eigenvalue weighted by Crippen LogP contribution is 2.18. The minimum atomic E-state index is -0.544. The Morgan fingerprint density at radius 3 is 2.79 bits per heavy atom. The summed E-state index contributed by atoms with van der Waals surface area (Å²) in [5, 5.41) is 8.58. The van der Waals surface area contributed by atoms with Crippen molar-refractivity contribution in [2.75, 3.05) is 18.2 Å². The van der Waals surface area contributed by atoms with E-state index in [1.54, 1.807) is 26.2 Å². The van der Waals surface area contributed by atoms with Crippen molar-refractivity contribution < 1.29 is 14.4 Å². The van der Waals surface area contributed by atoms with Gasteiger partial charge in [0, 0.05) is 11.1 Å². The molecule has 1 amide bonds. The Bertz CT molecular complexity index is 466. The van der Waals surface area contributed by atoms with Gasteiger partial charge in [-0.05, 0) is 20.8 Å². The highest BCUT2D eigenvalue weighted by Gasteiger charge is 2.17. The zero-order valence-corrected chi connectivity index (χ0v) is 13.0. The van der Waals surface area contributed by atoms with Crippen LogP contribution in [0.15, 0.2) is 10.5 Å². The highest BCUT2D eigenvalue weighted by atomic mass is 32.1. The van der Waals surface area contributed by atoms with Crippen LogP contribution in [0.2, 0.25) is 0 Å². The van der Waals surface area contributed by atoms with E-state index >= 15 is 0 Å². The largest absolute Gasteiger partial charge is 0.444 e. The first kappa shape index (κ1) is 15.8. The average molecular weight is 303 g/mol. The van der Waals surface area contributed by atoms with Crippen molar-refractivity contribution in [2.45, 2.75) is 26.4 Å². The maximum atomic E-state index is 11.6. The normalized spacial score (nSPS) is 12.2. The number of rotatable bonds is 4. The van der Waals surface area contributed by atoms with Crippen LogP contribution in [0, 0.1) is 0 Å². The summed E-state index contributed by atoms with van der Waals surface area (Å²) in [6.07, 6.45) is -0.537. The summed E-state index contributed by atoms with van der Waals surface area (Å²) in [5.74, 6) is 0.392. The number of oxime groups is 1. The molecule has 6 nitrogen and oxygen atoms in total. The van der Waals surface area contributed by atoms with Gasteiger partial charge in [-0.1, -0.05) is 5.16 Å². The average Bonchev–Trinajstić information content (AvgIpc) is 2.71. The molecule has 8 heteroatoms. The van der Waals surface area contributed by atoms with Gasteiger partial charge >= 0.3 is 6.09 Å². The number of ether oxygens (including phenoxy) is 1. The van der Waals surface area contributed by atoms with Gasteiger partial charge in [-0.15, -0.1) is 11.3 Å². The van der Waals surface area contributed by atoms with Crippen LogP contribution in [0.3, 0.4) is 0 Å². The molecule has 1 rings (SSSR count). The summed E-state index contributed by atoms with van der Waals surface area (Å²) in [6.45, 7) is 5.39. The Kier molecular flexibility index (Phi) is 5.61. The van der Waals surface area contributed by atoms with Gasteiger partial charge in [-0.3, -0.25) is 5.32 Å². The van der Waals surface area contributed by atoms with Crippen molar-refractivity contribution in [1.29, 1.82) is 0 Å². The molecule has 0 bridgehead atoms. The maximum absolute atomic E-state index is 11.6. The first-order valence-electron chi connectivity index (χ1n) is 5.52. The molecule has 106 valence electrons. The smallest absolute Gasteiger partial charge is 0.413 e. The number of thiazole rings is 1. The third kappa shape index (κ3) is 5.48. The Balaban J connectivity index is 2.70. The molecule has 0 aliphatic rings. The summed E-state index contributed by atoms with van der Waals surface area (Å²) in [6, 6.07) is 0. The molecule has 0 unspecified atom stereocenters. The van der Waals surface area contributed by atoms with Gasteiger partial charge in [0.15, 0.2) is 5.13 Å². The number of thiol groups is 1. The van der Waals surface area contributed by atoms with Gasteiger partial charge in [-0.25, -0.2) is 9.78 Å². The summed E-state index contributed by atoms with van der Waals surface area (Å²) in [5.41, 5.74) is 0.671. The third-order valence-corrected chi connectivity index (χ3v) is 2.82. The first-order chi connectivity index (χ1) is 8.85. The topological polar surface area (TPSA) is 72.8 Å². The van der Waals surface area contributed by atoms with Crippen LogP contribution in [-0.2, 0) is 9.57 Å². The van der Waals surface area contributed by atoms with Gasteiger partial charge < -0.3 is 9.57 Å². The number of amides is 1. The molecule has 1 aromatic heterocycles. The third-order valence-electron chi connectivity index (χ3n) is 1.76. The highest BCUT2D eigenvalue weighted by molar-refractivity contribution is 7.81. The van der Waals surface area contributed by atoms with Crippen molar-refractivity contribution in [3.63, 3.8) is 0 Å². The van der Waals surface area contributed by atoms with Gasteiger partial charge in [-0.2, -0.15) is 12.6 Å². The van der Waals surface area contributed by atoms with Crippen LogP contribution < -0.4 is 5.32 Å². The Labute approximate surface area is 121 Å². The summed E-state index contributed by atoms with van der Waals surface area (Å²) in [4.78, 5) is 20.5. The second-order valence-corrected chi connectivity index (χ2v) is 5.72. The lowest BCUT2D eigenvalue weighted by molar-refractivity contribution is 0.0636. The molecule has 0 aromatic carbocycles. The van der Waals surface area contributed by atoms with Crippen molar-refractivity contribution in [3.05, 3.63) is 11.1 Å². The monoisotopic (exact) mass is 303 g/mol. The molecule has 0 saturated heterocycles. The molecule has 0 saturated carbocycles. The van der Waals surface area contributed by atoms with Crippen LogP contribution in [0.25, 0.3) is 0 Å². The van der Waals surface area contributed by atoms with Crippen molar-refractivity contribution in [2.24, 2.45) is 5.16 Å². The summed E-state index contributed by atoms with van der Waals surface area (Å²) in [7, 11) is 1.45. The van der Waals surface area contributed by atoms with Gasteiger partial charge in [0.05, 0.1) is 0 Å². The Hall–Kier alpha value is -1.28. The number of hydrogen-bond acceptors (Lipinski definition) is 7. The number of nitrogens with one attached hydrogen (secondary N) is 1. The van der Waals surface area contributed by atoms with Crippen LogP contribution in [0.1, 0.15) is 26.5 Å². The quantitative estimate of drug-likeness (QED) is 0.509. The molecule has 0 atom stereocenters. The summed E-state index contributed by atoms with van der Waals surface area (Å²) < 4.78 is 5.13. The fourth-order valence-electron chi connectivity index (χ4n) is 1.12. The number of hydrogen-bond donors (Lipinski definition) is 2. The predicted octanol–water partition coefficient (Wildman–Crippen LogP) is 2.77. The van der Waals surface area contributed by atoms with E-state index in [1.165, 1.54) is 18.4 Å². The fourth-order valence-corrected chi connectivity index (χ4v) is 2.05. The second kappa shape index (κ2) is 6.76. The Morgan fingerprint density at radius 1 is 1.58 bits per heavy atom. The zero-order chi connectivity index (χ0) is 14.5. The maximum Gasteiger partial charge on any atom is 0.413 e. The predicted molar refractivity (Wildman–Crippen MR) is 79.4 cm³/mol. The number of carbonyl (C=O) groups is 1. The molecule has 1 aromatic rings. The van der Waals surface area contributed by atoms with Crippen molar-refractivity contribution in [1.82, 2.24) is 4.98 Å². The van der Waals surface area contributed by atoms with E-state index in [0.717, 1.165) is 0 Å². The second-order valence-electron chi connectivity index (χ2n) is 4.54. The van der Waals surface area contributed by atoms with Crippen LogP contribution >= 0.6 is 24.0 Å². The zero-order valence-electron chi connectivity index (χ0n) is 11.3. The van der Waals surface area contributed by atoms with Crippen molar-refractivity contribution in [3.8, 4) is 0 Å². The summed E-state index contributed by atoms with van der Waals surface area (Å²) >= 11 is 5.42. The standard InChI is InChI=1S/C11H17N3O3S2/c1-11(2,3)17-10(15)13-9-12-8(6-19-9)7(5-18)14-16-4/h6,18H,5H2,1-4H3,(H,12,13,15). The molecule has 1 heterocycles. The number of carbonyl (C=O) groups excluding carboxylic acids is 1. The number of nitrogens with zero attached hydrogens (tertiary/aromatic N) is 2. The molecule has 0 aliphatic carbocycles. The molecule has 0 aliphatic heterocycles. The molecule has 19 heavy (non-hydrogen) atoms. The first-order valence-corrected chi connectivity index (χ1v) is 7.03. The number of aromatic nitrogens is 1. The van der Waals surface area contributed by atoms with Gasteiger partial charge in [0.1, 0.15) is 24.1 Å². The molecule has 0 radical (unpaired) electrons. The van der Waals surface area contributed by atoms with Crippen molar-refractivity contribution >= 4 is 40.9 Å².